The summed E-state index contributed by atoms with van der Waals surface area (Å²) in [5, 5.41) is 2.85. The van der Waals surface area contributed by atoms with Crippen molar-refractivity contribution in [3.63, 3.8) is 0 Å². The molecule has 148 valence electrons. The van der Waals surface area contributed by atoms with Crippen molar-refractivity contribution in [3.05, 3.63) is 42.2 Å². The van der Waals surface area contributed by atoms with Crippen LogP contribution >= 0.6 is 0 Å². The van der Waals surface area contributed by atoms with Gasteiger partial charge in [-0.1, -0.05) is 6.07 Å². The second kappa shape index (κ2) is 8.60. The minimum atomic E-state index is -0.435. The monoisotopic (exact) mass is 385 g/mol. The summed E-state index contributed by atoms with van der Waals surface area (Å²) in [4.78, 5) is 30.8. The molecular weight excluding hydrogens is 362 g/mol. The van der Waals surface area contributed by atoms with Crippen LogP contribution in [0.2, 0.25) is 0 Å². The van der Waals surface area contributed by atoms with Gasteiger partial charge in [-0.3, -0.25) is 14.6 Å². The number of rotatable bonds is 7. The van der Waals surface area contributed by atoms with Gasteiger partial charge in [0.05, 0.1) is 45.2 Å². The SMILES string of the molecule is COc1cc(N2C[C@H](C(=O)NCc3ccccn3)CC2=O)cc(OC)c1OC. The van der Waals surface area contributed by atoms with E-state index in [-0.39, 0.29) is 24.8 Å². The van der Waals surface area contributed by atoms with Crippen molar-refractivity contribution in [2.24, 2.45) is 5.92 Å². The first kappa shape index (κ1) is 19.5. The van der Waals surface area contributed by atoms with Gasteiger partial charge >= 0.3 is 0 Å². The summed E-state index contributed by atoms with van der Waals surface area (Å²) in [6.07, 6.45) is 1.82. The van der Waals surface area contributed by atoms with E-state index in [0.29, 0.717) is 29.5 Å². The highest BCUT2D eigenvalue weighted by molar-refractivity contribution is 6.00. The number of benzene rings is 1. The van der Waals surface area contributed by atoms with Gasteiger partial charge in [-0.15, -0.1) is 0 Å². The van der Waals surface area contributed by atoms with Gasteiger partial charge < -0.3 is 24.4 Å². The van der Waals surface area contributed by atoms with Crippen LogP contribution in [-0.4, -0.2) is 44.7 Å². The molecule has 0 unspecified atom stereocenters. The first-order chi connectivity index (χ1) is 13.6. The van der Waals surface area contributed by atoms with Crippen LogP contribution in [0.1, 0.15) is 12.1 Å². The molecule has 28 heavy (non-hydrogen) atoms. The molecule has 0 bridgehead atoms. The Kier molecular flexibility index (Phi) is 5.98. The van der Waals surface area contributed by atoms with Crippen LogP contribution in [0.3, 0.4) is 0 Å². The van der Waals surface area contributed by atoms with Gasteiger partial charge in [0.2, 0.25) is 17.6 Å². The van der Waals surface area contributed by atoms with E-state index >= 15 is 0 Å². The number of anilines is 1. The molecule has 1 aromatic heterocycles. The molecule has 1 aliphatic rings. The summed E-state index contributed by atoms with van der Waals surface area (Å²) >= 11 is 0. The van der Waals surface area contributed by atoms with Crippen LogP contribution in [-0.2, 0) is 16.1 Å². The van der Waals surface area contributed by atoms with E-state index in [1.165, 1.54) is 21.3 Å². The molecule has 1 saturated heterocycles. The van der Waals surface area contributed by atoms with E-state index < -0.39 is 5.92 Å². The van der Waals surface area contributed by atoms with Crippen LogP contribution in [0.5, 0.6) is 17.2 Å². The van der Waals surface area contributed by atoms with Crippen molar-refractivity contribution in [1.29, 1.82) is 0 Å². The third kappa shape index (κ3) is 4.00. The number of pyridine rings is 1. The Labute approximate surface area is 163 Å². The Hall–Kier alpha value is -3.29. The largest absolute Gasteiger partial charge is 0.493 e. The standard InChI is InChI=1S/C20H23N3O5/c1-26-16-9-15(10-17(27-2)19(16)28-3)23-12-13(8-18(23)24)20(25)22-11-14-6-4-5-7-21-14/h4-7,9-10,13H,8,11-12H2,1-3H3,(H,22,25)/t13-/m1/s1. The molecule has 8 nitrogen and oxygen atoms in total. The molecule has 1 fully saturated rings. The van der Waals surface area contributed by atoms with Crippen LogP contribution in [0.15, 0.2) is 36.5 Å². The lowest BCUT2D eigenvalue weighted by Gasteiger charge is -2.20. The Morgan fingerprint density at radius 3 is 2.46 bits per heavy atom. The topological polar surface area (TPSA) is 90.0 Å². The van der Waals surface area contributed by atoms with Gasteiger partial charge in [-0.05, 0) is 12.1 Å². The summed E-state index contributed by atoms with van der Waals surface area (Å²) in [6, 6.07) is 8.92. The van der Waals surface area contributed by atoms with Crippen LogP contribution in [0.4, 0.5) is 5.69 Å². The first-order valence-corrected chi connectivity index (χ1v) is 8.85. The predicted molar refractivity (Wildman–Crippen MR) is 103 cm³/mol. The van der Waals surface area contributed by atoms with Gasteiger partial charge in [0.1, 0.15) is 0 Å². The lowest BCUT2D eigenvalue weighted by atomic mass is 10.1. The van der Waals surface area contributed by atoms with E-state index in [1.807, 2.05) is 18.2 Å². The van der Waals surface area contributed by atoms with Crippen molar-refractivity contribution < 1.29 is 23.8 Å². The molecule has 8 heteroatoms. The Morgan fingerprint density at radius 2 is 1.89 bits per heavy atom. The predicted octanol–water partition coefficient (Wildman–Crippen LogP) is 1.78. The highest BCUT2D eigenvalue weighted by atomic mass is 16.5. The fraction of sp³-hybridized carbons (Fsp3) is 0.350. The number of hydrogen-bond acceptors (Lipinski definition) is 6. The average molecular weight is 385 g/mol. The molecule has 0 spiro atoms. The molecule has 0 radical (unpaired) electrons. The smallest absolute Gasteiger partial charge is 0.227 e. The molecule has 1 atom stereocenters. The van der Waals surface area contributed by atoms with Crippen LogP contribution < -0.4 is 24.4 Å². The van der Waals surface area contributed by atoms with E-state index in [4.69, 9.17) is 14.2 Å². The number of amides is 2. The summed E-state index contributed by atoms with van der Waals surface area (Å²) in [6.45, 7) is 0.611. The molecule has 2 aromatic rings. The summed E-state index contributed by atoms with van der Waals surface area (Å²) in [7, 11) is 4.55. The molecule has 2 amide bonds. The first-order valence-electron chi connectivity index (χ1n) is 8.85. The third-order valence-corrected chi connectivity index (χ3v) is 4.63. The number of ether oxygens (including phenoxy) is 3. The second-order valence-electron chi connectivity index (χ2n) is 6.33. The van der Waals surface area contributed by atoms with Crippen molar-refractivity contribution in [2.45, 2.75) is 13.0 Å². The number of methoxy groups -OCH3 is 3. The fourth-order valence-corrected chi connectivity index (χ4v) is 3.18. The van der Waals surface area contributed by atoms with Crippen molar-refractivity contribution in [3.8, 4) is 17.2 Å². The maximum absolute atomic E-state index is 12.5. The number of nitrogens with zero attached hydrogens (tertiary/aromatic N) is 2. The van der Waals surface area contributed by atoms with E-state index in [1.54, 1.807) is 23.2 Å². The molecule has 2 heterocycles. The minimum absolute atomic E-state index is 0.132. The zero-order valence-corrected chi connectivity index (χ0v) is 16.1. The average Bonchev–Trinajstić information content (AvgIpc) is 3.13. The van der Waals surface area contributed by atoms with Crippen molar-refractivity contribution >= 4 is 17.5 Å². The summed E-state index contributed by atoms with van der Waals surface area (Å²) < 4.78 is 16.0. The van der Waals surface area contributed by atoms with Gasteiger partial charge in [0.15, 0.2) is 11.5 Å². The number of aromatic nitrogens is 1. The van der Waals surface area contributed by atoms with Gasteiger partial charge in [0.25, 0.3) is 0 Å². The minimum Gasteiger partial charge on any atom is -0.493 e. The van der Waals surface area contributed by atoms with Crippen molar-refractivity contribution in [2.75, 3.05) is 32.8 Å². The molecule has 1 N–H and O–H groups in total. The van der Waals surface area contributed by atoms with Gasteiger partial charge in [-0.2, -0.15) is 0 Å². The lowest BCUT2D eigenvalue weighted by Crippen LogP contribution is -2.32. The number of carbonyl (C=O) groups is 2. The van der Waals surface area contributed by atoms with Crippen LogP contribution in [0.25, 0.3) is 0 Å². The van der Waals surface area contributed by atoms with E-state index in [0.717, 1.165) is 5.69 Å². The quantitative estimate of drug-likeness (QED) is 0.781. The third-order valence-electron chi connectivity index (χ3n) is 4.63. The number of hydrogen-bond donors (Lipinski definition) is 1. The number of nitrogens with one attached hydrogen (secondary N) is 1. The Bertz CT molecular complexity index is 831. The second-order valence-corrected chi connectivity index (χ2v) is 6.33. The molecule has 3 rings (SSSR count). The zero-order valence-electron chi connectivity index (χ0n) is 16.1. The molecule has 0 aliphatic carbocycles. The summed E-state index contributed by atoms with van der Waals surface area (Å²) in [5.41, 5.74) is 1.36. The highest BCUT2D eigenvalue weighted by Crippen LogP contribution is 2.42. The molecule has 1 aliphatic heterocycles. The molecular formula is C20H23N3O5. The zero-order chi connectivity index (χ0) is 20.1. The van der Waals surface area contributed by atoms with E-state index in [2.05, 4.69) is 10.3 Å². The Morgan fingerprint density at radius 1 is 1.18 bits per heavy atom. The van der Waals surface area contributed by atoms with Crippen molar-refractivity contribution in [1.82, 2.24) is 10.3 Å². The van der Waals surface area contributed by atoms with Gasteiger partial charge in [-0.25, -0.2) is 0 Å². The lowest BCUT2D eigenvalue weighted by molar-refractivity contribution is -0.126. The van der Waals surface area contributed by atoms with E-state index in [9.17, 15) is 9.59 Å². The normalized spacial score (nSPS) is 16.0. The maximum atomic E-state index is 12.5. The van der Waals surface area contributed by atoms with Gasteiger partial charge in [0, 0.05) is 31.3 Å². The fourth-order valence-electron chi connectivity index (χ4n) is 3.18. The van der Waals surface area contributed by atoms with Crippen LogP contribution in [0, 0.1) is 5.92 Å². The summed E-state index contributed by atoms with van der Waals surface area (Å²) in [5.74, 6) is 0.613. The highest BCUT2D eigenvalue weighted by Gasteiger charge is 2.35. The Balaban J connectivity index is 1.73. The maximum Gasteiger partial charge on any atom is 0.227 e. The molecule has 1 aromatic carbocycles. The molecule has 0 saturated carbocycles. The number of carbonyl (C=O) groups excluding carboxylic acids is 2.